The Labute approximate surface area is 102 Å². The van der Waals surface area contributed by atoms with E-state index in [0.29, 0.717) is 18.9 Å². The maximum absolute atomic E-state index is 11.9. The Bertz CT molecular complexity index is 366. The highest BCUT2D eigenvalue weighted by Crippen LogP contribution is 2.24. The highest BCUT2D eigenvalue weighted by molar-refractivity contribution is 5.78. The Morgan fingerprint density at radius 1 is 1.53 bits per heavy atom. The van der Waals surface area contributed by atoms with Gasteiger partial charge in [-0.3, -0.25) is 9.78 Å². The number of hydrogen-bond acceptors (Lipinski definition) is 3. The number of hydrogen-bond donors (Lipinski definition) is 2. The van der Waals surface area contributed by atoms with E-state index in [2.05, 4.69) is 10.3 Å². The van der Waals surface area contributed by atoms with E-state index in [1.54, 1.807) is 12.4 Å². The molecule has 0 saturated heterocycles. The van der Waals surface area contributed by atoms with Crippen LogP contribution in [0.1, 0.15) is 24.8 Å². The van der Waals surface area contributed by atoms with Gasteiger partial charge in [-0.25, -0.2) is 0 Å². The van der Waals surface area contributed by atoms with Crippen molar-refractivity contribution in [3.8, 4) is 0 Å². The lowest BCUT2D eigenvalue weighted by Gasteiger charge is -2.19. The number of rotatable bonds is 4. The molecule has 0 aromatic carbocycles. The fourth-order valence-electron chi connectivity index (χ4n) is 2.45. The summed E-state index contributed by atoms with van der Waals surface area (Å²) in [5.74, 6) is 0.524. The Balaban J connectivity index is 1.85. The van der Waals surface area contributed by atoms with Crippen molar-refractivity contribution in [2.24, 2.45) is 11.7 Å². The van der Waals surface area contributed by atoms with Gasteiger partial charge in [-0.1, -0.05) is 12.5 Å². The van der Waals surface area contributed by atoms with Gasteiger partial charge in [0, 0.05) is 18.4 Å². The molecule has 4 nitrogen and oxygen atoms in total. The van der Waals surface area contributed by atoms with Crippen LogP contribution in [0.5, 0.6) is 0 Å². The normalized spacial score (nSPS) is 23.6. The topological polar surface area (TPSA) is 68.0 Å². The van der Waals surface area contributed by atoms with E-state index in [9.17, 15) is 4.79 Å². The summed E-state index contributed by atoms with van der Waals surface area (Å²) in [7, 11) is 0. The van der Waals surface area contributed by atoms with Crippen molar-refractivity contribution in [2.45, 2.75) is 31.7 Å². The van der Waals surface area contributed by atoms with E-state index < -0.39 is 0 Å². The quantitative estimate of drug-likeness (QED) is 0.810. The van der Waals surface area contributed by atoms with Crippen LogP contribution in [0, 0.1) is 5.92 Å². The second-order valence-corrected chi connectivity index (χ2v) is 4.64. The first-order chi connectivity index (χ1) is 8.29. The summed E-state index contributed by atoms with van der Waals surface area (Å²) < 4.78 is 0. The zero-order valence-corrected chi connectivity index (χ0v) is 9.93. The standard InChI is InChI=1S/C13H19N3O/c14-8-11-4-1-5-12(11)16-13(17)7-10-3-2-6-15-9-10/h2-3,6,9,11-12H,1,4-5,7-8,14H2,(H,16,17). The average Bonchev–Trinajstić information content (AvgIpc) is 2.77. The summed E-state index contributed by atoms with van der Waals surface area (Å²) in [5, 5.41) is 3.08. The van der Waals surface area contributed by atoms with E-state index in [-0.39, 0.29) is 11.9 Å². The van der Waals surface area contributed by atoms with Crippen LogP contribution in [0.3, 0.4) is 0 Å². The number of nitrogens with zero attached hydrogens (tertiary/aromatic N) is 1. The summed E-state index contributed by atoms with van der Waals surface area (Å²) in [6, 6.07) is 4.03. The summed E-state index contributed by atoms with van der Waals surface area (Å²) >= 11 is 0. The van der Waals surface area contributed by atoms with Gasteiger partial charge in [0.25, 0.3) is 0 Å². The zero-order chi connectivity index (χ0) is 12.1. The van der Waals surface area contributed by atoms with Gasteiger partial charge >= 0.3 is 0 Å². The molecule has 0 radical (unpaired) electrons. The van der Waals surface area contributed by atoms with Crippen LogP contribution in [0.15, 0.2) is 24.5 Å². The van der Waals surface area contributed by atoms with Gasteiger partial charge in [-0.2, -0.15) is 0 Å². The van der Waals surface area contributed by atoms with Gasteiger partial charge in [0.05, 0.1) is 6.42 Å². The molecule has 1 amide bonds. The molecule has 1 saturated carbocycles. The van der Waals surface area contributed by atoms with Gasteiger partial charge in [-0.05, 0) is 36.9 Å². The molecule has 2 unspecified atom stereocenters. The number of carbonyl (C=O) groups is 1. The molecule has 1 aliphatic rings. The molecule has 2 atom stereocenters. The van der Waals surface area contributed by atoms with Crippen molar-refractivity contribution in [2.75, 3.05) is 6.54 Å². The van der Waals surface area contributed by atoms with Crippen molar-refractivity contribution >= 4 is 5.91 Å². The van der Waals surface area contributed by atoms with E-state index in [0.717, 1.165) is 18.4 Å². The molecule has 3 N–H and O–H groups in total. The number of amides is 1. The molecule has 17 heavy (non-hydrogen) atoms. The van der Waals surface area contributed by atoms with Crippen molar-refractivity contribution in [1.29, 1.82) is 0 Å². The predicted octanol–water partition coefficient (Wildman–Crippen LogP) is 0.868. The first-order valence-electron chi connectivity index (χ1n) is 6.18. The van der Waals surface area contributed by atoms with Gasteiger partial charge in [-0.15, -0.1) is 0 Å². The monoisotopic (exact) mass is 233 g/mol. The second kappa shape index (κ2) is 5.77. The fourth-order valence-corrected chi connectivity index (χ4v) is 2.45. The van der Waals surface area contributed by atoms with Crippen LogP contribution in [-0.4, -0.2) is 23.5 Å². The van der Waals surface area contributed by atoms with E-state index in [1.165, 1.54) is 6.42 Å². The van der Waals surface area contributed by atoms with E-state index in [1.807, 2.05) is 12.1 Å². The third-order valence-electron chi connectivity index (χ3n) is 3.40. The Morgan fingerprint density at radius 2 is 2.41 bits per heavy atom. The summed E-state index contributed by atoms with van der Waals surface area (Å²) in [6.45, 7) is 0.665. The van der Waals surface area contributed by atoms with Crippen molar-refractivity contribution in [3.05, 3.63) is 30.1 Å². The highest BCUT2D eigenvalue weighted by Gasteiger charge is 2.27. The van der Waals surface area contributed by atoms with Crippen LogP contribution in [0.2, 0.25) is 0 Å². The molecule has 0 aliphatic heterocycles. The first kappa shape index (κ1) is 12.0. The molecular weight excluding hydrogens is 214 g/mol. The molecule has 0 bridgehead atoms. The van der Waals surface area contributed by atoms with Gasteiger partial charge in [0.2, 0.25) is 5.91 Å². The fraction of sp³-hybridized carbons (Fsp3) is 0.538. The average molecular weight is 233 g/mol. The van der Waals surface area contributed by atoms with E-state index >= 15 is 0 Å². The van der Waals surface area contributed by atoms with E-state index in [4.69, 9.17) is 5.73 Å². The third kappa shape index (κ3) is 3.27. The van der Waals surface area contributed by atoms with Crippen LogP contribution >= 0.6 is 0 Å². The Hall–Kier alpha value is -1.42. The second-order valence-electron chi connectivity index (χ2n) is 4.64. The lowest BCUT2D eigenvalue weighted by Crippen LogP contribution is -2.40. The van der Waals surface area contributed by atoms with Crippen LogP contribution in [0.4, 0.5) is 0 Å². The number of nitrogens with two attached hydrogens (primary N) is 1. The SMILES string of the molecule is NCC1CCCC1NC(=O)Cc1cccnc1. The van der Waals surface area contributed by atoms with Crippen molar-refractivity contribution < 1.29 is 4.79 Å². The molecule has 4 heteroatoms. The molecular formula is C13H19N3O. The number of nitrogens with one attached hydrogen (secondary N) is 1. The minimum absolute atomic E-state index is 0.0725. The largest absolute Gasteiger partial charge is 0.353 e. The summed E-state index contributed by atoms with van der Waals surface area (Å²) in [5.41, 5.74) is 6.64. The van der Waals surface area contributed by atoms with Crippen LogP contribution in [0.25, 0.3) is 0 Å². The minimum atomic E-state index is 0.0725. The van der Waals surface area contributed by atoms with Crippen LogP contribution < -0.4 is 11.1 Å². The van der Waals surface area contributed by atoms with Crippen LogP contribution in [-0.2, 0) is 11.2 Å². The Kier molecular flexibility index (Phi) is 4.09. The molecule has 1 aliphatic carbocycles. The molecule has 1 fully saturated rings. The molecule has 0 spiro atoms. The molecule has 2 rings (SSSR count). The molecule has 1 aromatic heterocycles. The molecule has 92 valence electrons. The summed E-state index contributed by atoms with van der Waals surface area (Å²) in [6.07, 6.45) is 7.20. The van der Waals surface area contributed by atoms with Gasteiger partial charge in [0.1, 0.15) is 0 Å². The molecule has 1 heterocycles. The first-order valence-corrected chi connectivity index (χ1v) is 6.18. The lowest BCUT2D eigenvalue weighted by molar-refractivity contribution is -0.121. The highest BCUT2D eigenvalue weighted by atomic mass is 16.1. The number of aromatic nitrogens is 1. The minimum Gasteiger partial charge on any atom is -0.353 e. The number of pyridine rings is 1. The molecule has 1 aromatic rings. The smallest absolute Gasteiger partial charge is 0.224 e. The zero-order valence-electron chi connectivity index (χ0n) is 9.93. The summed E-state index contributed by atoms with van der Waals surface area (Å²) in [4.78, 5) is 15.9. The predicted molar refractivity (Wildman–Crippen MR) is 66.3 cm³/mol. The lowest BCUT2D eigenvalue weighted by atomic mass is 10.0. The van der Waals surface area contributed by atoms with Gasteiger partial charge < -0.3 is 11.1 Å². The maximum Gasteiger partial charge on any atom is 0.224 e. The number of carbonyl (C=O) groups excluding carboxylic acids is 1. The maximum atomic E-state index is 11.9. The third-order valence-corrected chi connectivity index (χ3v) is 3.40. The van der Waals surface area contributed by atoms with Crippen molar-refractivity contribution in [1.82, 2.24) is 10.3 Å². The Morgan fingerprint density at radius 3 is 3.12 bits per heavy atom. The van der Waals surface area contributed by atoms with Crippen molar-refractivity contribution in [3.63, 3.8) is 0 Å². The van der Waals surface area contributed by atoms with Gasteiger partial charge in [0.15, 0.2) is 0 Å².